The first-order chi connectivity index (χ1) is 16.1. The summed E-state index contributed by atoms with van der Waals surface area (Å²) in [6.07, 6.45) is -5.28. The van der Waals surface area contributed by atoms with Gasteiger partial charge in [0, 0.05) is 30.8 Å². The Morgan fingerprint density at radius 1 is 1.18 bits per heavy atom. The maximum absolute atomic E-state index is 13.6. The highest BCUT2D eigenvalue weighted by molar-refractivity contribution is 7.99. The van der Waals surface area contributed by atoms with Gasteiger partial charge in [-0.15, -0.1) is 11.8 Å². The first-order valence-electron chi connectivity index (χ1n) is 10.2. The Morgan fingerprint density at radius 2 is 1.88 bits per heavy atom. The maximum atomic E-state index is 13.6. The lowest BCUT2D eigenvalue weighted by molar-refractivity contribution is -0.137. The van der Waals surface area contributed by atoms with E-state index in [1.54, 1.807) is 0 Å². The molecule has 0 aliphatic carbocycles. The number of ether oxygens (including phenoxy) is 1. The van der Waals surface area contributed by atoms with E-state index in [1.165, 1.54) is 9.47 Å². The van der Waals surface area contributed by atoms with Gasteiger partial charge in [0.05, 0.1) is 26.4 Å². The average molecular weight is 512 g/mol. The predicted octanol–water partition coefficient (Wildman–Crippen LogP) is 4.11. The number of hydrogen-bond donors (Lipinski definition) is 1. The summed E-state index contributed by atoms with van der Waals surface area (Å²) in [5, 5.41) is -0.798. The number of likely N-dealkylation sites (tertiary alicyclic amines) is 1. The number of nitrogens with one attached hydrogen (secondary N) is 1. The van der Waals surface area contributed by atoms with Crippen molar-refractivity contribution in [3.05, 3.63) is 73.4 Å². The van der Waals surface area contributed by atoms with Crippen molar-refractivity contribution < 1.29 is 22.7 Å². The summed E-state index contributed by atoms with van der Waals surface area (Å²) in [4.78, 5) is 41.1. The van der Waals surface area contributed by atoms with Crippen LogP contribution in [0.3, 0.4) is 0 Å². The lowest BCUT2D eigenvalue weighted by atomic mass is 9.81. The Labute approximate surface area is 199 Å². The van der Waals surface area contributed by atoms with Crippen LogP contribution in [-0.4, -0.2) is 39.4 Å². The van der Waals surface area contributed by atoms with E-state index < -0.39 is 39.5 Å². The van der Waals surface area contributed by atoms with Gasteiger partial charge >= 0.3 is 18.0 Å². The normalized spacial score (nSPS) is 16.9. The fourth-order valence-electron chi connectivity index (χ4n) is 4.39. The van der Waals surface area contributed by atoms with E-state index in [9.17, 15) is 27.6 Å². The molecule has 178 valence electrons. The molecule has 3 aromatic rings. The molecule has 0 bridgehead atoms. The molecule has 1 spiro atoms. The Hall–Kier alpha value is -2.92. The lowest BCUT2D eigenvalue weighted by Gasteiger charge is -2.48. The molecule has 1 aromatic heterocycles. The number of hydrogen-bond acceptors (Lipinski definition) is 5. The molecular formula is C22H17ClF3N3O4S. The van der Waals surface area contributed by atoms with E-state index in [4.69, 9.17) is 16.3 Å². The van der Waals surface area contributed by atoms with Crippen LogP contribution in [0.15, 0.2) is 50.9 Å². The quantitative estimate of drug-likeness (QED) is 0.560. The van der Waals surface area contributed by atoms with Gasteiger partial charge in [-0.3, -0.25) is 14.3 Å². The van der Waals surface area contributed by atoms with Crippen molar-refractivity contribution in [2.75, 3.05) is 18.8 Å². The topological polar surface area (TPSA) is 84.4 Å². The number of rotatable bonds is 2. The predicted molar refractivity (Wildman–Crippen MR) is 120 cm³/mol. The number of benzene rings is 2. The van der Waals surface area contributed by atoms with Crippen molar-refractivity contribution >= 4 is 40.4 Å². The molecule has 0 saturated carbocycles. The molecule has 0 radical (unpaired) electrons. The molecule has 1 amide bonds. The summed E-state index contributed by atoms with van der Waals surface area (Å²) in [6.45, 7) is 0.722. The van der Waals surface area contributed by atoms with Crippen molar-refractivity contribution in [3.8, 4) is 0 Å². The number of aromatic nitrogens is 2. The van der Waals surface area contributed by atoms with E-state index in [0.29, 0.717) is 11.8 Å². The highest BCUT2D eigenvalue weighted by Crippen LogP contribution is 2.48. The van der Waals surface area contributed by atoms with Gasteiger partial charge in [0.2, 0.25) is 0 Å². The van der Waals surface area contributed by atoms with Crippen LogP contribution >= 0.6 is 23.4 Å². The summed E-state index contributed by atoms with van der Waals surface area (Å²) in [7, 11) is 0. The molecule has 2 aliphatic rings. The van der Waals surface area contributed by atoms with Crippen molar-refractivity contribution in [3.63, 3.8) is 0 Å². The second-order valence-electron chi connectivity index (χ2n) is 8.49. The molecular weight excluding hydrogens is 495 g/mol. The zero-order valence-electron chi connectivity index (χ0n) is 17.4. The first-order valence-corrected chi connectivity index (χ1v) is 11.6. The van der Waals surface area contributed by atoms with Crippen molar-refractivity contribution in [2.24, 2.45) is 5.41 Å². The monoisotopic (exact) mass is 511 g/mol. The molecule has 3 heterocycles. The van der Waals surface area contributed by atoms with Gasteiger partial charge in [-0.2, -0.15) is 13.2 Å². The van der Waals surface area contributed by atoms with E-state index in [1.807, 2.05) is 30.3 Å². The molecule has 2 aromatic carbocycles. The van der Waals surface area contributed by atoms with Gasteiger partial charge in [-0.25, -0.2) is 9.59 Å². The van der Waals surface area contributed by atoms with Crippen LogP contribution in [0, 0.1) is 5.41 Å². The Morgan fingerprint density at radius 3 is 2.56 bits per heavy atom. The Bertz CT molecular complexity index is 1420. The summed E-state index contributed by atoms with van der Waals surface area (Å²) >= 11 is 7.20. The number of H-pyrrole nitrogens is 1. The van der Waals surface area contributed by atoms with E-state index in [0.717, 1.165) is 17.3 Å². The minimum atomic E-state index is -4.77. The van der Waals surface area contributed by atoms with Crippen LogP contribution in [0.5, 0.6) is 0 Å². The number of alkyl halides is 3. The van der Waals surface area contributed by atoms with Gasteiger partial charge in [0.1, 0.15) is 6.61 Å². The lowest BCUT2D eigenvalue weighted by Crippen LogP contribution is -2.61. The molecule has 7 nitrogen and oxygen atoms in total. The third-order valence-electron chi connectivity index (χ3n) is 6.01. The second kappa shape index (κ2) is 8.09. The minimum absolute atomic E-state index is 0.0386. The molecule has 2 aliphatic heterocycles. The fraction of sp³-hybridized carbons (Fsp3) is 0.318. The molecule has 1 N–H and O–H groups in total. The van der Waals surface area contributed by atoms with Crippen molar-refractivity contribution in [2.45, 2.75) is 24.2 Å². The highest BCUT2D eigenvalue weighted by atomic mass is 35.5. The van der Waals surface area contributed by atoms with Crippen LogP contribution in [0.2, 0.25) is 5.02 Å². The molecule has 34 heavy (non-hydrogen) atoms. The smallest absolute Gasteiger partial charge is 0.417 e. The molecule has 12 heteroatoms. The zero-order chi connectivity index (χ0) is 24.3. The molecule has 1 fully saturated rings. The van der Waals surface area contributed by atoms with Crippen LogP contribution in [0.1, 0.15) is 11.1 Å². The molecule has 1 saturated heterocycles. The summed E-state index contributed by atoms with van der Waals surface area (Å²) < 4.78 is 47.3. The third-order valence-corrected chi connectivity index (χ3v) is 7.96. The van der Waals surface area contributed by atoms with Crippen LogP contribution in [0.25, 0.3) is 10.9 Å². The maximum Gasteiger partial charge on any atom is 0.417 e. The number of carbonyl (C=O) groups excluding carboxylic acids is 1. The number of nitrogens with zero attached hydrogens (tertiary/aromatic N) is 2. The number of carbonyl (C=O) groups is 1. The highest BCUT2D eigenvalue weighted by Gasteiger charge is 2.48. The van der Waals surface area contributed by atoms with Gasteiger partial charge < -0.3 is 9.64 Å². The van der Waals surface area contributed by atoms with Crippen molar-refractivity contribution in [1.82, 2.24) is 14.5 Å². The second-order valence-corrected chi connectivity index (χ2v) is 9.86. The number of thioether (sulfide) groups is 1. The summed E-state index contributed by atoms with van der Waals surface area (Å²) in [6, 6.07) is 9.86. The summed E-state index contributed by atoms with van der Waals surface area (Å²) in [5.41, 5.74) is -2.44. The first kappa shape index (κ1) is 22.9. The van der Waals surface area contributed by atoms with E-state index in [2.05, 4.69) is 4.98 Å². The average Bonchev–Trinajstić information content (AvgIpc) is 2.94. The number of amides is 1. The van der Waals surface area contributed by atoms with Crippen LogP contribution in [0.4, 0.5) is 18.0 Å². The molecule has 5 rings (SSSR count). The number of aromatic amines is 1. The fourth-order valence-corrected chi connectivity index (χ4v) is 6.12. The molecule has 0 unspecified atom stereocenters. The third kappa shape index (κ3) is 3.86. The van der Waals surface area contributed by atoms with Gasteiger partial charge in [0.25, 0.3) is 5.56 Å². The van der Waals surface area contributed by atoms with E-state index in [-0.39, 0.29) is 42.0 Å². The zero-order valence-corrected chi connectivity index (χ0v) is 19.0. The van der Waals surface area contributed by atoms with Gasteiger partial charge in [0.15, 0.2) is 0 Å². The minimum Gasteiger partial charge on any atom is -0.445 e. The Kier molecular flexibility index (Phi) is 5.44. The molecule has 0 atom stereocenters. The van der Waals surface area contributed by atoms with E-state index >= 15 is 0 Å². The number of halogens is 4. The summed E-state index contributed by atoms with van der Waals surface area (Å²) in [5.74, 6) is 0.306. The van der Waals surface area contributed by atoms with Crippen LogP contribution in [-0.2, 0) is 24.1 Å². The van der Waals surface area contributed by atoms with Crippen molar-refractivity contribution in [1.29, 1.82) is 0 Å². The van der Waals surface area contributed by atoms with Gasteiger partial charge in [-0.1, -0.05) is 41.9 Å². The standard InChI is InChI=1S/C22H17ClF3N3O4S/c23-15-14(22(24,25)26)6-13-16-17(15)34-11-21(10-29(16)19(31)27-18(13)30)8-28(9-21)20(32)33-7-12-4-2-1-3-5-12/h1-6H,7-11H2,(H,27,30,31). The largest absolute Gasteiger partial charge is 0.445 e. The van der Waals surface area contributed by atoms with Crippen LogP contribution < -0.4 is 11.2 Å². The van der Waals surface area contributed by atoms with Gasteiger partial charge in [-0.05, 0) is 11.6 Å². The SMILES string of the molecule is O=C(OCc1ccccc1)N1CC2(CSc3c(Cl)c(C(F)(F)F)cc4c(=O)[nH]c(=O)n(c34)C2)C1. The Balaban J connectivity index is 1.43.